The van der Waals surface area contributed by atoms with Crippen LogP contribution in [0.2, 0.25) is 5.02 Å². The van der Waals surface area contributed by atoms with Gasteiger partial charge in [0, 0.05) is 17.3 Å². The fraction of sp³-hybridized carbons (Fsp3) is 0.278. The average molecular weight is 378 g/mol. The quantitative estimate of drug-likeness (QED) is 0.345. The van der Waals surface area contributed by atoms with Gasteiger partial charge in [0.1, 0.15) is 5.82 Å². The second-order valence-corrected chi connectivity index (χ2v) is 5.64. The minimum absolute atomic E-state index is 0.148. The van der Waals surface area contributed by atoms with Crippen LogP contribution in [0.1, 0.15) is 19.5 Å². The summed E-state index contributed by atoms with van der Waals surface area (Å²) in [5.74, 6) is -0.969. The van der Waals surface area contributed by atoms with E-state index in [1.807, 2.05) is 13.0 Å². The van der Waals surface area contributed by atoms with Crippen LogP contribution in [0.25, 0.3) is 5.69 Å². The number of anilines is 1. The Morgan fingerprint density at radius 2 is 1.85 bits per heavy atom. The van der Waals surface area contributed by atoms with Crippen LogP contribution >= 0.6 is 11.6 Å². The highest BCUT2D eigenvalue weighted by atomic mass is 35.5. The predicted molar refractivity (Wildman–Crippen MR) is 98.3 cm³/mol. The number of esters is 2. The summed E-state index contributed by atoms with van der Waals surface area (Å²) in [7, 11) is 0. The largest absolute Gasteiger partial charge is 0.462 e. The number of carbonyl (C=O) groups is 2. The molecule has 0 fully saturated rings. The van der Waals surface area contributed by atoms with E-state index < -0.39 is 11.9 Å². The first-order valence-electron chi connectivity index (χ1n) is 8.09. The van der Waals surface area contributed by atoms with Gasteiger partial charge in [0.05, 0.1) is 24.6 Å². The van der Waals surface area contributed by atoms with Gasteiger partial charge in [-0.15, -0.1) is 0 Å². The van der Waals surface area contributed by atoms with Crippen molar-refractivity contribution in [3.63, 3.8) is 0 Å². The average Bonchev–Trinajstić information content (AvgIpc) is 2.96. The van der Waals surface area contributed by atoms with Gasteiger partial charge in [0.2, 0.25) is 0 Å². The van der Waals surface area contributed by atoms with Gasteiger partial charge in [0.15, 0.2) is 5.57 Å². The highest BCUT2D eigenvalue weighted by Gasteiger charge is 2.21. The van der Waals surface area contributed by atoms with Crippen LogP contribution in [-0.4, -0.2) is 34.9 Å². The molecule has 1 aromatic carbocycles. The Bertz CT molecular complexity index is 810. The normalized spacial score (nSPS) is 10.2. The summed E-state index contributed by atoms with van der Waals surface area (Å²) in [4.78, 5) is 24.0. The van der Waals surface area contributed by atoms with Gasteiger partial charge in [-0.25, -0.2) is 14.3 Å². The van der Waals surface area contributed by atoms with Crippen molar-refractivity contribution in [3.8, 4) is 5.69 Å². The number of nitrogens with one attached hydrogen (secondary N) is 1. The van der Waals surface area contributed by atoms with Gasteiger partial charge >= 0.3 is 11.9 Å². The van der Waals surface area contributed by atoms with Crippen molar-refractivity contribution in [1.29, 1.82) is 0 Å². The van der Waals surface area contributed by atoms with E-state index in [1.54, 1.807) is 42.8 Å². The van der Waals surface area contributed by atoms with Crippen LogP contribution < -0.4 is 5.32 Å². The minimum Gasteiger partial charge on any atom is -0.462 e. The smallest absolute Gasteiger partial charge is 0.347 e. The molecule has 1 heterocycles. The maximum absolute atomic E-state index is 12.0. The van der Waals surface area contributed by atoms with Gasteiger partial charge < -0.3 is 14.8 Å². The van der Waals surface area contributed by atoms with E-state index in [2.05, 4.69) is 10.4 Å². The van der Waals surface area contributed by atoms with Crippen LogP contribution in [0.15, 0.2) is 42.1 Å². The molecule has 0 aliphatic rings. The van der Waals surface area contributed by atoms with Crippen LogP contribution in [0, 0.1) is 6.92 Å². The molecule has 1 N–H and O–H groups in total. The van der Waals surface area contributed by atoms with E-state index >= 15 is 0 Å². The number of aromatic nitrogens is 2. The molecule has 7 nitrogen and oxygen atoms in total. The second kappa shape index (κ2) is 9.05. The third-order valence-corrected chi connectivity index (χ3v) is 3.47. The Morgan fingerprint density at radius 1 is 1.19 bits per heavy atom. The van der Waals surface area contributed by atoms with Crippen LogP contribution in [0.4, 0.5) is 5.82 Å². The monoisotopic (exact) mass is 377 g/mol. The topological polar surface area (TPSA) is 82.5 Å². The Kier molecular flexibility index (Phi) is 6.80. The van der Waals surface area contributed by atoms with Crippen molar-refractivity contribution in [3.05, 3.63) is 52.8 Å². The molecule has 8 heteroatoms. The SMILES string of the molecule is CCOC(=O)C(=CNc1cc(C)nn1-c1cccc(Cl)c1)C(=O)OCC. The van der Waals surface area contributed by atoms with Crippen LogP contribution in [0.5, 0.6) is 0 Å². The highest BCUT2D eigenvalue weighted by Crippen LogP contribution is 2.20. The molecule has 0 spiro atoms. The molecule has 0 radical (unpaired) electrons. The number of hydrogen-bond donors (Lipinski definition) is 1. The molecule has 0 bridgehead atoms. The molecule has 0 saturated heterocycles. The van der Waals surface area contributed by atoms with Crippen LogP contribution in [0.3, 0.4) is 0 Å². The third kappa shape index (κ3) is 4.86. The first kappa shape index (κ1) is 19.5. The van der Waals surface area contributed by atoms with Crippen molar-refractivity contribution in [2.45, 2.75) is 20.8 Å². The number of aryl methyl sites for hydroxylation is 1. The van der Waals surface area contributed by atoms with Crippen molar-refractivity contribution >= 4 is 29.4 Å². The van der Waals surface area contributed by atoms with E-state index in [-0.39, 0.29) is 18.8 Å². The zero-order valence-corrected chi connectivity index (χ0v) is 15.5. The molecule has 1 aromatic heterocycles. The molecule has 0 atom stereocenters. The first-order chi connectivity index (χ1) is 12.5. The summed E-state index contributed by atoms with van der Waals surface area (Å²) in [5, 5.41) is 7.89. The summed E-state index contributed by atoms with van der Waals surface area (Å²) in [5.41, 5.74) is 1.25. The van der Waals surface area contributed by atoms with Crippen molar-refractivity contribution in [1.82, 2.24) is 9.78 Å². The van der Waals surface area contributed by atoms with E-state index in [4.69, 9.17) is 21.1 Å². The Morgan fingerprint density at radius 3 is 2.42 bits per heavy atom. The van der Waals surface area contributed by atoms with E-state index in [0.717, 1.165) is 11.4 Å². The number of benzene rings is 1. The molecule has 2 rings (SSSR count). The molecule has 2 aromatic rings. The lowest BCUT2D eigenvalue weighted by Crippen LogP contribution is -2.19. The molecule has 0 aliphatic carbocycles. The lowest BCUT2D eigenvalue weighted by molar-refractivity contribution is -0.146. The first-order valence-corrected chi connectivity index (χ1v) is 8.47. The van der Waals surface area contributed by atoms with Crippen LogP contribution in [-0.2, 0) is 19.1 Å². The van der Waals surface area contributed by atoms with Gasteiger partial charge in [-0.3, -0.25) is 0 Å². The molecule has 0 amide bonds. The number of rotatable bonds is 7. The standard InChI is InChI=1S/C18H20ClN3O4/c1-4-25-17(23)15(18(24)26-5-2)11-20-16-9-12(3)21-22(16)14-8-6-7-13(19)10-14/h6-11,20H,4-5H2,1-3H3. The summed E-state index contributed by atoms with van der Waals surface area (Å²) >= 11 is 6.04. The van der Waals surface area contributed by atoms with Crippen molar-refractivity contribution in [2.24, 2.45) is 0 Å². The Labute approximate surface area is 156 Å². The van der Waals surface area contributed by atoms with E-state index in [9.17, 15) is 9.59 Å². The molecule has 0 aliphatic heterocycles. The van der Waals surface area contributed by atoms with Gasteiger partial charge in [-0.1, -0.05) is 17.7 Å². The molecule has 26 heavy (non-hydrogen) atoms. The number of ether oxygens (including phenoxy) is 2. The summed E-state index contributed by atoms with van der Waals surface area (Å²) in [6.45, 7) is 5.44. The Hall–Kier alpha value is -2.80. The maximum Gasteiger partial charge on any atom is 0.347 e. The van der Waals surface area contributed by atoms with E-state index in [0.29, 0.717) is 10.8 Å². The lowest BCUT2D eigenvalue weighted by Gasteiger charge is -2.09. The summed E-state index contributed by atoms with van der Waals surface area (Å²) in [6.07, 6.45) is 1.26. The number of halogens is 1. The van der Waals surface area contributed by atoms with Gasteiger partial charge in [-0.05, 0) is 39.0 Å². The molecular formula is C18H20ClN3O4. The fourth-order valence-corrected chi connectivity index (χ4v) is 2.36. The maximum atomic E-state index is 12.0. The fourth-order valence-electron chi connectivity index (χ4n) is 2.17. The van der Waals surface area contributed by atoms with Gasteiger partial charge in [-0.2, -0.15) is 5.10 Å². The number of hydrogen-bond acceptors (Lipinski definition) is 6. The minimum atomic E-state index is -0.760. The third-order valence-electron chi connectivity index (χ3n) is 3.24. The summed E-state index contributed by atoms with van der Waals surface area (Å²) in [6, 6.07) is 8.92. The van der Waals surface area contributed by atoms with Crippen molar-refractivity contribution in [2.75, 3.05) is 18.5 Å². The number of nitrogens with zero attached hydrogens (tertiary/aromatic N) is 2. The zero-order valence-electron chi connectivity index (χ0n) is 14.8. The lowest BCUT2D eigenvalue weighted by atomic mass is 10.3. The predicted octanol–water partition coefficient (Wildman–Crippen LogP) is 3.26. The molecule has 0 saturated carbocycles. The molecule has 0 unspecified atom stereocenters. The number of carbonyl (C=O) groups excluding carboxylic acids is 2. The van der Waals surface area contributed by atoms with Crippen molar-refractivity contribution < 1.29 is 19.1 Å². The summed E-state index contributed by atoms with van der Waals surface area (Å²) < 4.78 is 11.4. The molecular weight excluding hydrogens is 358 g/mol. The highest BCUT2D eigenvalue weighted by molar-refractivity contribution is 6.30. The zero-order chi connectivity index (χ0) is 19.1. The van der Waals surface area contributed by atoms with E-state index in [1.165, 1.54) is 6.20 Å². The van der Waals surface area contributed by atoms with Gasteiger partial charge in [0.25, 0.3) is 0 Å². The molecule has 138 valence electrons. The Balaban J connectivity index is 2.34. The second-order valence-electron chi connectivity index (χ2n) is 5.21.